The van der Waals surface area contributed by atoms with Gasteiger partial charge < -0.3 is 0 Å². The van der Waals surface area contributed by atoms with E-state index in [2.05, 4.69) is 71.6 Å². The Morgan fingerprint density at radius 3 is 1.86 bits per heavy atom. The number of rotatable bonds is 2. The maximum atomic E-state index is 4.86. The molecule has 0 saturated heterocycles. The second kappa shape index (κ2) is 5.79. The Kier molecular flexibility index (Phi) is 3.86. The summed E-state index contributed by atoms with van der Waals surface area (Å²) in [6.45, 7) is 4.26. The highest BCUT2D eigenvalue weighted by molar-refractivity contribution is 7.28. The highest BCUT2D eigenvalue weighted by Crippen LogP contribution is 2.29. The molecule has 0 fully saturated rings. The Hall–Kier alpha value is -1.98. The van der Waals surface area contributed by atoms with E-state index in [-0.39, 0.29) is 0 Å². The van der Waals surface area contributed by atoms with Crippen molar-refractivity contribution in [1.29, 1.82) is 0 Å². The van der Waals surface area contributed by atoms with Crippen molar-refractivity contribution < 1.29 is 0 Å². The molecule has 0 aliphatic heterocycles. The molecule has 2 aromatic carbocycles. The van der Waals surface area contributed by atoms with Crippen molar-refractivity contribution in [1.82, 2.24) is 4.98 Å². The summed E-state index contributed by atoms with van der Waals surface area (Å²) in [5.41, 5.74) is 7.02. The number of pyridine rings is 1. The minimum absolute atomic E-state index is 1.05. The van der Waals surface area contributed by atoms with E-state index in [9.17, 15) is 0 Å². The summed E-state index contributed by atoms with van der Waals surface area (Å²) in [5.74, 6) is 0. The molecule has 104 valence electrons. The van der Waals surface area contributed by atoms with Crippen LogP contribution in [-0.4, -0.2) is 4.98 Å². The average molecular weight is 291 g/mol. The fourth-order valence-electron chi connectivity index (χ4n) is 2.71. The summed E-state index contributed by atoms with van der Waals surface area (Å²) in [5, 5.41) is 1.17. The van der Waals surface area contributed by atoms with Crippen LogP contribution in [-0.2, 0) is 0 Å². The van der Waals surface area contributed by atoms with Crippen LogP contribution in [0.3, 0.4) is 0 Å². The molecular weight excluding hydrogens is 273 g/mol. The van der Waals surface area contributed by atoms with Gasteiger partial charge in [-0.1, -0.05) is 60.7 Å². The van der Waals surface area contributed by atoms with Crippen molar-refractivity contribution in [2.24, 2.45) is 0 Å². The Bertz CT molecular complexity index is 765. The van der Waals surface area contributed by atoms with Crippen molar-refractivity contribution in [2.45, 2.75) is 13.8 Å². The molecule has 1 unspecified atom stereocenters. The Balaban J connectivity index is 2.22. The van der Waals surface area contributed by atoms with Crippen molar-refractivity contribution in [2.75, 3.05) is 0 Å². The lowest BCUT2D eigenvalue weighted by molar-refractivity contribution is 1.20. The van der Waals surface area contributed by atoms with Crippen LogP contribution in [0, 0.1) is 13.8 Å². The third kappa shape index (κ3) is 2.62. The zero-order valence-electron chi connectivity index (χ0n) is 12.3. The van der Waals surface area contributed by atoms with Crippen LogP contribution in [0.1, 0.15) is 11.3 Å². The summed E-state index contributed by atoms with van der Waals surface area (Å²) in [6.07, 6.45) is 0. The third-order valence-corrected chi connectivity index (χ3v) is 4.49. The Morgan fingerprint density at radius 1 is 0.762 bits per heavy atom. The molecule has 1 aromatic heterocycles. The van der Waals surface area contributed by atoms with E-state index in [4.69, 9.17) is 4.98 Å². The maximum Gasteiger partial charge on any atom is 0.0779 e. The van der Waals surface area contributed by atoms with Gasteiger partial charge in [0.25, 0.3) is 0 Å². The molecule has 0 spiro atoms. The van der Waals surface area contributed by atoms with Gasteiger partial charge in [-0.15, -0.1) is 9.24 Å². The molecule has 2 heteroatoms. The van der Waals surface area contributed by atoms with Crippen LogP contribution in [0.2, 0.25) is 0 Å². The predicted molar refractivity (Wildman–Crippen MR) is 93.9 cm³/mol. The second-order valence-corrected chi connectivity index (χ2v) is 5.77. The van der Waals surface area contributed by atoms with Gasteiger partial charge in [-0.25, -0.2) is 0 Å². The molecule has 0 saturated carbocycles. The zero-order chi connectivity index (χ0) is 14.8. The minimum atomic E-state index is 1.05. The number of nitrogens with zero attached hydrogens (tertiary/aromatic N) is 1. The van der Waals surface area contributed by atoms with Crippen molar-refractivity contribution >= 4 is 14.5 Å². The lowest BCUT2D eigenvalue weighted by Crippen LogP contribution is -2.09. The van der Waals surface area contributed by atoms with Crippen LogP contribution in [0.5, 0.6) is 0 Å². The number of aryl methyl sites for hydroxylation is 1. The van der Waals surface area contributed by atoms with Crippen LogP contribution in [0.15, 0.2) is 60.7 Å². The van der Waals surface area contributed by atoms with Crippen LogP contribution < -0.4 is 5.30 Å². The molecule has 0 aliphatic rings. The quantitative estimate of drug-likeness (QED) is 0.632. The Morgan fingerprint density at radius 2 is 1.29 bits per heavy atom. The molecule has 1 heterocycles. The first kappa shape index (κ1) is 14.0. The largest absolute Gasteiger partial charge is 0.252 e. The fraction of sp³-hybridized carbons (Fsp3) is 0.105. The van der Waals surface area contributed by atoms with E-state index in [1.54, 1.807) is 0 Å². The molecule has 1 nitrogen and oxygen atoms in total. The van der Waals surface area contributed by atoms with Crippen molar-refractivity contribution in [3.05, 3.63) is 71.9 Å². The van der Waals surface area contributed by atoms with Gasteiger partial charge in [-0.3, -0.25) is 4.98 Å². The monoisotopic (exact) mass is 291 g/mol. The van der Waals surface area contributed by atoms with Gasteiger partial charge in [0.2, 0.25) is 0 Å². The van der Waals surface area contributed by atoms with Gasteiger partial charge in [0.15, 0.2) is 0 Å². The van der Waals surface area contributed by atoms with E-state index in [1.807, 2.05) is 12.1 Å². The van der Waals surface area contributed by atoms with Crippen molar-refractivity contribution in [3.63, 3.8) is 0 Å². The second-order valence-electron chi connectivity index (χ2n) is 5.19. The first-order valence-electron chi connectivity index (χ1n) is 7.06. The van der Waals surface area contributed by atoms with E-state index < -0.39 is 0 Å². The predicted octanol–water partition coefficient (Wildman–Crippen LogP) is 4.53. The standard InChI is InChI=1S/C19H18NP/c1-13-17(15-9-5-3-6-10-15)14(2)20-18(19(13)21)16-11-7-4-8-12-16/h3-12H,21H2,1-2H3. The molecule has 0 radical (unpaired) electrons. The first-order chi connectivity index (χ1) is 10.2. The fourth-order valence-corrected chi connectivity index (χ4v) is 3.09. The number of benzene rings is 2. The van der Waals surface area contributed by atoms with Gasteiger partial charge in [-0.2, -0.15) is 0 Å². The van der Waals surface area contributed by atoms with E-state index in [1.165, 1.54) is 22.0 Å². The lowest BCUT2D eigenvalue weighted by atomic mass is 9.97. The molecule has 1 atom stereocenters. The smallest absolute Gasteiger partial charge is 0.0779 e. The summed E-state index contributed by atoms with van der Waals surface area (Å²) in [4.78, 5) is 4.86. The molecule has 3 rings (SSSR count). The first-order valence-corrected chi connectivity index (χ1v) is 7.63. The molecule has 3 aromatic rings. The summed E-state index contributed by atoms with van der Waals surface area (Å²) < 4.78 is 0. The zero-order valence-corrected chi connectivity index (χ0v) is 13.5. The van der Waals surface area contributed by atoms with Gasteiger partial charge >= 0.3 is 0 Å². The van der Waals surface area contributed by atoms with Crippen LogP contribution in [0.4, 0.5) is 0 Å². The summed E-state index contributed by atoms with van der Waals surface area (Å²) in [6, 6.07) is 20.8. The molecular formula is C19H18NP. The highest BCUT2D eigenvalue weighted by atomic mass is 31.0. The van der Waals surface area contributed by atoms with Crippen LogP contribution in [0.25, 0.3) is 22.4 Å². The van der Waals surface area contributed by atoms with Crippen LogP contribution >= 0.6 is 9.24 Å². The van der Waals surface area contributed by atoms with Gasteiger partial charge in [0.05, 0.1) is 5.69 Å². The normalized spacial score (nSPS) is 10.6. The summed E-state index contributed by atoms with van der Waals surface area (Å²) in [7, 11) is 2.86. The van der Waals surface area contributed by atoms with Crippen molar-refractivity contribution in [3.8, 4) is 22.4 Å². The third-order valence-electron chi connectivity index (χ3n) is 3.79. The molecule has 0 amide bonds. The van der Waals surface area contributed by atoms with E-state index in [0.717, 1.165) is 17.0 Å². The number of hydrogen-bond donors (Lipinski definition) is 0. The maximum absolute atomic E-state index is 4.86. The number of aromatic nitrogens is 1. The van der Waals surface area contributed by atoms with Gasteiger partial charge in [0, 0.05) is 16.8 Å². The Labute approximate surface area is 128 Å². The lowest BCUT2D eigenvalue weighted by Gasteiger charge is -2.16. The van der Waals surface area contributed by atoms with Gasteiger partial charge in [0.1, 0.15) is 0 Å². The highest BCUT2D eigenvalue weighted by Gasteiger charge is 2.14. The van der Waals surface area contributed by atoms with E-state index in [0.29, 0.717) is 0 Å². The molecule has 21 heavy (non-hydrogen) atoms. The topological polar surface area (TPSA) is 12.9 Å². The van der Waals surface area contributed by atoms with Gasteiger partial charge in [-0.05, 0) is 30.3 Å². The molecule has 0 aliphatic carbocycles. The molecule has 0 N–H and O–H groups in total. The minimum Gasteiger partial charge on any atom is -0.252 e. The average Bonchev–Trinajstić information content (AvgIpc) is 2.53. The molecule has 0 bridgehead atoms. The SMILES string of the molecule is Cc1nc(-c2ccccc2)c(P)c(C)c1-c1ccccc1. The van der Waals surface area contributed by atoms with E-state index >= 15 is 0 Å². The summed E-state index contributed by atoms with van der Waals surface area (Å²) >= 11 is 0. The number of hydrogen-bond acceptors (Lipinski definition) is 1.